The fraction of sp³-hybridized carbons (Fsp3) is 0.923. The van der Waals surface area contributed by atoms with E-state index in [0.717, 1.165) is 12.8 Å². The van der Waals surface area contributed by atoms with Crippen LogP contribution in [0.15, 0.2) is 0 Å². The standard InChI is InChI=1S/C13H26N2O4S/c1-4-6-9-14(3)20(17,18)15-10-7-8-12(11-15)13(16)19-5-2/h12H,4-11H2,1-3H3/t12-/m0/s1. The Morgan fingerprint density at radius 1 is 1.40 bits per heavy atom. The van der Waals surface area contributed by atoms with Gasteiger partial charge in [-0.15, -0.1) is 0 Å². The SMILES string of the molecule is CCCCN(C)S(=O)(=O)N1CCC[C@H](C(=O)OCC)C1. The first-order valence-electron chi connectivity index (χ1n) is 7.31. The summed E-state index contributed by atoms with van der Waals surface area (Å²) in [7, 11) is -1.86. The molecule has 0 spiro atoms. The van der Waals surface area contributed by atoms with E-state index in [0.29, 0.717) is 32.5 Å². The number of hydrogen-bond donors (Lipinski definition) is 0. The number of esters is 1. The van der Waals surface area contributed by atoms with Crippen LogP contribution in [0.3, 0.4) is 0 Å². The minimum Gasteiger partial charge on any atom is -0.466 e. The van der Waals surface area contributed by atoms with E-state index in [1.54, 1.807) is 14.0 Å². The molecule has 0 aromatic carbocycles. The third kappa shape index (κ3) is 4.43. The highest BCUT2D eigenvalue weighted by Gasteiger charge is 2.34. The predicted molar refractivity (Wildman–Crippen MR) is 77.4 cm³/mol. The highest BCUT2D eigenvalue weighted by atomic mass is 32.2. The van der Waals surface area contributed by atoms with Gasteiger partial charge in [0.25, 0.3) is 10.2 Å². The number of piperidine rings is 1. The average Bonchev–Trinajstić information content (AvgIpc) is 2.45. The Kier molecular flexibility index (Phi) is 6.91. The lowest BCUT2D eigenvalue weighted by Gasteiger charge is -2.33. The number of carbonyl (C=O) groups excluding carboxylic acids is 1. The summed E-state index contributed by atoms with van der Waals surface area (Å²) in [5.74, 6) is -0.623. The Labute approximate surface area is 122 Å². The summed E-state index contributed by atoms with van der Waals surface area (Å²) in [5, 5.41) is 0. The highest BCUT2D eigenvalue weighted by Crippen LogP contribution is 2.21. The molecular formula is C13H26N2O4S. The fourth-order valence-corrected chi connectivity index (χ4v) is 3.78. The molecule has 0 amide bonds. The van der Waals surface area contributed by atoms with Gasteiger partial charge in [-0.25, -0.2) is 0 Å². The highest BCUT2D eigenvalue weighted by molar-refractivity contribution is 7.86. The first kappa shape index (κ1) is 17.4. The minimum absolute atomic E-state index is 0.234. The molecule has 0 aromatic rings. The van der Waals surface area contributed by atoms with Crippen LogP contribution in [0.2, 0.25) is 0 Å². The van der Waals surface area contributed by atoms with Gasteiger partial charge >= 0.3 is 5.97 Å². The van der Waals surface area contributed by atoms with Crippen molar-refractivity contribution >= 4 is 16.2 Å². The molecule has 7 heteroatoms. The van der Waals surface area contributed by atoms with E-state index in [-0.39, 0.29) is 18.4 Å². The lowest BCUT2D eigenvalue weighted by Crippen LogP contribution is -2.48. The summed E-state index contributed by atoms with van der Waals surface area (Å²) in [6, 6.07) is 0. The lowest BCUT2D eigenvalue weighted by molar-refractivity contribution is -0.149. The van der Waals surface area contributed by atoms with Gasteiger partial charge in [0.1, 0.15) is 0 Å². The first-order chi connectivity index (χ1) is 9.43. The number of carbonyl (C=O) groups is 1. The largest absolute Gasteiger partial charge is 0.466 e. The van der Waals surface area contributed by atoms with Gasteiger partial charge in [-0.2, -0.15) is 17.0 Å². The van der Waals surface area contributed by atoms with Crippen molar-refractivity contribution in [2.24, 2.45) is 5.92 Å². The average molecular weight is 306 g/mol. The maximum absolute atomic E-state index is 12.4. The third-order valence-electron chi connectivity index (χ3n) is 3.55. The first-order valence-corrected chi connectivity index (χ1v) is 8.71. The number of nitrogens with zero attached hydrogens (tertiary/aromatic N) is 2. The Bertz CT molecular complexity index is 411. The molecule has 118 valence electrons. The van der Waals surface area contributed by atoms with E-state index in [4.69, 9.17) is 4.74 Å². The van der Waals surface area contributed by atoms with Crippen molar-refractivity contribution in [1.29, 1.82) is 0 Å². The molecule has 1 atom stereocenters. The molecule has 6 nitrogen and oxygen atoms in total. The quantitative estimate of drug-likeness (QED) is 0.664. The molecule has 0 N–H and O–H groups in total. The van der Waals surface area contributed by atoms with Gasteiger partial charge in [-0.05, 0) is 26.2 Å². The van der Waals surface area contributed by atoms with Crippen molar-refractivity contribution < 1.29 is 17.9 Å². The smallest absolute Gasteiger partial charge is 0.310 e. The lowest BCUT2D eigenvalue weighted by atomic mass is 10.0. The van der Waals surface area contributed by atoms with Crippen molar-refractivity contribution in [3.63, 3.8) is 0 Å². The van der Waals surface area contributed by atoms with Crippen LogP contribution < -0.4 is 0 Å². The van der Waals surface area contributed by atoms with Gasteiger partial charge in [-0.1, -0.05) is 13.3 Å². The van der Waals surface area contributed by atoms with Crippen LogP contribution in [0.1, 0.15) is 39.5 Å². The number of ether oxygens (including phenoxy) is 1. The van der Waals surface area contributed by atoms with Gasteiger partial charge in [0.05, 0.1) is 12.5 Å². The van der Waals surface area contributed by atoms with Crippen molar-refractivity contribution in [3.8, 4) is 0 Å². The summed E-state index contributed by atoms with van der Waals surface area (Å²) >= 11 is 0. The van der Waals surface area contributed by atoms with E-state index in [9.17, 15) is 13.2 Å². The van der Waals surface area contributed by atoms with Crippen LogP contribution >= 0.6 is 0 Å². The topological polar surface area (TPSA) is 66.9 Å². The Morgan fingerprint density at radius 2 is 2.10 bits per heavy atom. The molecule has 0 unspecified atom stereocenters. The molecule has 1 fully saturated rings. The van der Waals surface area contributed by atoms with Gasteiger partial charge in [0.15, 0.2) is 0 Å². The monoisotopic (exact) mass is 306 g/mol. The fourth-order valence-electron chi connectivity index (χ4n) is 2.30. The summed E-state index contributed by atoms with van der Waals surface area (Å²) in [4.78, 5) is 11.8. The maximum atomic E-state index is 12.4. The van der Waals surface area contributed by atoms with Gasteiger partial charge in [0, 0.05) is 26.7 Å². The number of hydrogen-bond acceptors (Lipinski definition) is 4. The molecule has 1 aliphatic rings. The maximum Gasteiger partial charge on any atom is 0.310 e. The van der Waals surface area contributed by atoms with Crippen molar-refractivity contribution in [2.75, 3.05) is 33.3 Å². The number of unbranched alkanes of at least 4 members (excludes halogenated alkanes) is 1. The second-order valence-electron chi connectivity index (χ2n) is 5.13. The Hall–Kier alpha value is -0.660. The van der Waals surface area contributed by atoms with Gasteiger partial charge in [0.2, 0.25) is 0 Å². The molecule has 0 radical (unpaired) electrons. The zero-order valence-corrected chi connectivity index (χ0v) is 13.5. The zero-order valence-electron chi connectivity index (χ0n) is 12.7. The van der Waals surface area contributed by atoms with Crippen molar-refractivity contribution in [1.82, 2.24) is 8.61 Å². The molecule has 0 saturated carbocycles. The molecule has 20 heavy (non-hydrogen) atoms. The predicted octanol–water partition coefficient (Wildman–Crippen LogP) is 1.24. The summed E-state index contributed by atoms with van der Waals surface area (Å²) in [6.07, 6.45) is 3.18. The zero-order chi connectivity index (χ0) is 15.2. The van der Waals surface area contributed by atoms with Crippen LogP contribution in [0.5, 0.6) is 0 Å². The van der Waals surface area contributed by atoms with Crippen LogP contribution in [-0.2, 0) is 19.7 Å². The van der Waals surface area contributed by atoms with Crippen LogP contribution in [0, 0.1) is 5.92 Å². The Balaban J connectivity index is 2.67. The summed E-state index contributed by atoms with van der Waals surface area (Å²) in [6.45, 7) is 5.34. The van der Waals surface area contributed by atoms with Crippen LogP contribution in [-0.4, -0.2) is 56.3 Å². The molecule has 0 aromatic heterocycles. The molecule has 0 aliphatic carbocycles. The number of rotatable bonds is 7. The van der Waals surface area contributed by atoms with Crippen molar-refractivity contribution in [2.45, 2.75) is 39.5 Å². The molecular weight excluding hydrogens is 280 g/mol. The summed E-state index contributed by atoms with van der Waals surface area (Å²) in [5.41, 5.74) is 0. The van der Waals surface area contributed by atoms with Crippen LogP contribution in [0.25, 0.3) is 0 Å². The summed E-state index contributed by atoms with van der Waals surface area (Å²) < 4.78 is 32.6. The minimum atomic E-state index is -3.46. The third-order valence-corrected chi connectivity index (χ3v) is 5.51. The second kappa shape index (κ2) is 7.95. The Morgan fingerprint density at radius 3 is 2.70 bits per heavy atom. The van der Waals surface area contributed by atoms with Crippen molar-refractivity contribution in [3.05, 3.63) is 0 Å². The second-order valence-corrected chi connectivity index (χ2v) is 7.17. The van der Waals surface area contributed by atoms with Gasteiger partial charge < -0.3 is 4.74 Å². The molecule has 1 heterocycles. The van der Waals surface area contributed by atoms with E-state index in [1.807, 2.05) is 6.92 Å². The molecule has 0 bridgehead atoms. The normalized spacial score (nSPS) is 21.1. The van der Waals surface area contributed by atoms with E-state index in [1.165, 1.54) is 8.61 Å². The van der Waals surface area contributed by atoms with E-state index < -0.39 is 10.2 Å². The van der Waals surface area contributed by atoms with E-state index >= 15 is 0 Å². The van der Waals surface area contributed by atoms with Gasteiger partial charge in [-0.3, -0.25) is 4.79 Å². The molecule has 1 aliphatic heterocycles. The van der Waals surface area contributed by atoms with E-state index in [2.05, 4.69) is 0 Å². The molecule has 1 saturated heterocycles. The molecule has 1 rings (SSSR count). The van der Waals surface area contributed by atoms with Crippen LogP contribution in [0.4, 0.5) is 0 Å².